The minimum absolute atomic E-state index is 0.140. The van der Waals surface area contributed by atoms with E-state index in [1.165, 1.54) is 17.6 Å². The van der Waals surface area contributed by atoms with Crippen LogP contribution in [0.1, 0.15) is 18.5 Å². The number of carbonyl (C=O) groups is 1. The molecule has 1 saturated heterocycles. The van der Waals surface area contributed by atoms with Crippen molar-refractivity contribution in [1.29, 1.82) is 0 Å². The Labute approximate surface area is 132 Å². The van der Waals surface area contributed by atoms with Crippen LogP contribution in [0.2, 0.25) is 0 Å². The number of thiophene rings is 1. The van der Waals surface area contributed by atoms with Crippen molar-refractivity contribution in [3.05, 3.63) is 29.5 Å². The first kappa shape index (κ1) is 15.2. The first-order valence-corrected chi connectivity index (χ1v) is 8.08. The molecule has 0 radical (unpaired) electrons. The predicted molar refractivity (Wildman–Crippen MR) is 81.5 cm³/mol. The summed E-state index contributed by atoms with van der Waals surface area (Å²) >= 11 is 1.54. The molecule has 22 heavy (non-hydrogen) atoms. The molecule has 0 aliphatic carbocycles. The Bertz CT molecular complexity index is 617. The lowest BCUT2D eigenvalue weighted by molar-refractivity contribution is -0.123. The maximum absolute atomic E-state index is 12.0. The number of aromatic nitrogens is 1. The van der Waals surface area contributed by atoms with Crippen molar-refractivity contribution in [3.8, 4) is 10.8 Å². The second-order valence-corrected chi connectivity index (χ2v) is 6.36. The molecule has 0 atom stereocenters. The van der Waals surface area contributed by atoms with Gasteiger partial charge in [-0.2, -0.15) is 0 Å². The van der Waals surface area contributed by atoms with Gasteiger partial charge in [0.2, 0.25) is 11.8 Å². The molecule has 0 spiro atoms. The van der Waals surface area contributed by atoms with E-state index in [0.717, 1.165) is 4.88 Å². The zero-order valence-corrected chi connectivity index (χ0v) is 12.9. The molecule has 1 aliphatic heterocycles. The summed E-state index contributed by atoms with van der Waals surface area (Å²) in [6, 6.07) is 3.84. The number of carbonyl (C=O) groups excluding carboxylic acids is 1. The molecule has 3 rings (SSSR count). The standard InChI is InChI=1S/C15H18N2O4S/c18-13(16-10-15(19)3-5-20-6-4-15)8-11-9-21-14(17-11)12-2-1-7-22-12/h1-2,7,9,19H,3-6,8,10H2,(H,16,18). The van der Waals surface area contributed by atoms with Crippen molar-refractivity contribution in [3.63, 3.8) is 0 Å². The highest BCUT2D eigenvalue weighted by Crippen LogP contribution is 2.23. The van der Waals surface area contributed by atoms with E-state index in [9.17, 15) is 9.90 Å². The van der Waals surface area contributed by atoms with E-state index in [0.29, 0.717) is 37.6 Å². The van der Waals surface area contributed by atoms with Crippen LogP contribution < -0.4 is 5.32 Å². The molecule has 1 amide bonds. The number of rotatable bonds is 5. The summed E-state index contributed by atoms with van der Waals surface area (Å²) in [5, 5.41) is 15.0. The topological polar surface area (TPSA) is 84.6 Å². The van der Waals surface area contributed by atoms with E-state index in [1.807, 2.05) is 17.5 Å². The summed E-state index contributed by atoms with van der Waals surface area (Å²) in [5.41, 5.74) is -0.278. The minimum atomic E-state index is -0.861. The van der Waals surface area contributed by atoms with E-state index in [4.69, 9.17) is 9.15 Å². The van der Waals surface area contributed by atoms with Crippen molar-refractivity contribution in [2.24, 2.45) is 0 Å². The van der Waals surface area contributed by atoms with E-state index in [-0.39, 0.29) is 18.9 Å². The maximum atomic E-state index is 12.0. The zero-order chi connectivity index (χ0) is 15.4. The van der Waals surface area contributed by atoms with E-state index < -0.39 is 5.60 Å². The van der Waals surface area contributed by atoms with Crippen LogP contribution in [0.15, 0.2) is 28.2 Å². The fourth-order valence-corrected chi connectivity index (χ4v) is 2.98. The lowest BCUT2D eigenvalue weighted by Crippen LogP contribution is -2.46. The van der Waals surface area contributed by atoms with Crippen molar-refractivity contribution in [2.45, 2.75) is 24.9 Å². The number of hydrogen-bond acceptors (Lipinski definition) is 6. The number of aliphatic hydroxyl groups is 1. The highest BCUT2D eigenvalue weighted by Gasteiger charge is 2.30. The van der Waals surface area contributed by atoms with Crippen LogP contribution in [0.5, 0.6) is 0 Å². The molecule has 3 heterocycles. The molecule has 1 aliphatic rings. The Morgan fingerprint density at radius 3 is 3.00 bits per heavy atom. The number of amides is 1. The van der Waals surface area contributed by atoms with Crippen LogP contribution >= 0.6 is 11.3 Å². The molecule has 0 bridgehead atoms. The predicted octanol–water partition coefficient (Wildman–Crippen LogP) is 1.60. The first-order valence-electron chi connectivity index (χ1n) is 7.20. The van der Waals surface area contributed by atoms with Crippen LogP contribution in [0.25, 0.3) is 10.8 Å². The average Bonchev–Trinajstić information content (AvgIpc) is 3.17. The minimum Gasteiger partial charge on any atom is -0.444 e. The molecule has 0 aromatic carbocycles. The van der Waals surface area contributed by atoms with Gasteiger partial charge >= 0.3 is 0 Å². The fourth-order valence-electron chi connectivity index (χ4n) is 2.32. The van der Waals surface area contributed by atoms with E-state index in [2.05, 4.69) is 10.3 Å². The van der Waals surface area contributed by atoms with Crippen molar-refractivity contribution >= 4 is 17.2 Å². The third kappa shape index (κ3) is 3.73. The third-order valence-corrected chi connectivity index (χ3v) is 4.52. The summed E-state index contributed by atoms with van der Waals surface area (Å²) in [7, 11) is 0. The van der Waals surface area contributed by atoms with Crippen molar-refractivity contribution < 1.29 is 19.1 Å². The van der Waals surface area contributed by atoms with Crippen LogP contribution in [-0.4, -0.2) is 41.4 Å². The molecule has 7 heteroatoms. The lowest BCUT2D eigenvalue weighted by Gasteiger charge is -2.32. The highest BCUT2D eigenvalue weighted by atomic mass is 32.1. The maximum Gasteiger partial charge on any atom is 0.236 e. The Kier molecular flexibility index (Phi) is 4.56. The van der Waals surface area contributed by atoms with Crippen LogP contribution in [0.4, 0.5) is 0 Å². The van der Waals surface area contributed by atoms with Crippen LogP contribution in [-0.2, 0) is 16.0 Å². The smallest absolute Gasteiger partial charge is 0.236 e. The first-order chi connectivity index (χ1) is 10.6. The van der Waals surface area contributed by atoms with Gasteiger partial charge in [-0.25, -0.2) is 4.98 Å². The lowest BCUT2D eigenvalue weighted by atomic mass is 9.94. The van der Waals surface area contributed by atoms with Crippen molar-refractivity contribution in [1.82, 2.24) is 10.3 Å². The zero-order valence-electron chi connectivity index (χ0n) is 12.1. The van der Waals surface area contributed by atoms with Gasteiger partial charge in [0, 0.05) is 32.6 Å². The number of nitrogens with one attached hydrogen (secondary N) is 1. The van der Waals surface area contributed by atoms with Gasteiger partial charge in [0.25, 0.3) is 0 Å². The summed E-state index contributed by atoms with van der Waals surface area (Å²) in [6.45, 7) is 1.30. The molecule has 1 fully saturated rings. The number of ether oxygens (including phenoxy) is 1. The summed E-state index contributed by atoms with van der Waals surface area (Å²) < 4.78 is 10.6. The normalized spacial score (nSPS) is 17.3. The van der Waals surface area contributed by atoms with Crippen molar-refractivity contribution in [2.75, 3.05) is 19.8 Å². The van der Waals surface area contributed by atoms with Gasteiger partial charge in [0.1, 0.15) is 6.26 Å². The SMILES string of the molecule is O=C(Cc1coc(-c2cccs2)n1)NCC1(O)CCOCC1. The van der Waals surface area contributed by atoms with Gasteiger partial charge in [-0.1, -0.05) is 6.07 Å². The molecule has 2 aromatic rings. The molecule has 2 N–H and O–H groups in total. The summed E-state index contributed by atoms with van der Waals surface area (Å²) in [5.74, 6) is 0.354. The monoisotopic (exact) mass is 322 g/mol. The number of oxazole rings is 1. The number of nitrogens with zero attached hydrogens (tertiary/aromatic N) is 1. The molecular weight excluding hydrogens is 304 g/mol. The Hall–Kier alpha value is -1.70. The fraction of sp³-hybridized carbons (Fsp3) is 0.467. The van der Waals surface area contributed by atoms with Crippen LogP contribution in [0, 0.1) is 0 Å². The molecule has 0 unspecified atom stereocenters. The average molecular weight is 322 g/mol. The van der Waals surface area contributed by atoms with Gasteiger partial charge < -0.3 is 19.6 Å². The molecule has 0 saturated carbocycles. The van der Waals surface area contributed by atoms with Gasteiger partial charge in [-0.15, -0.1) is 11.3 Å². The van der Waals surface area contributed by atoms with Gasteiger partial charge in [-0.3, -0.25) is 4.79 Å². The molecule has 118 valence electrons. The van der Waals surface area contributed by atoms with E-state index in [1.54, 1.807) is 0 Å². The Morgan fingerprint density at radius 1 is 1.45 bits per heavy atom. The second-order valence-electron chi connectivity index (χ2n) is 5.41. The number of hydrogen-bond donors (Lipinski definition) is 2. The summed E-state index contributed by atoms with van der Waals surface area (Å²) in [6.07, 6.45) is 2.72. The summed E-state index contributed by atoms with van der Waals surface area (Å²) in [4.78, 5) is 17.2. The quantitative estimate of drug-likeness (QED) is 0.873. The van der Waals surface area contributed by atoms with Gasteiger partial charge in [-0.05, 0) is 11.4 Å². The van der Waals surface area contributed by atoms with Gasteiger partial charge in [0.15, 0.2) is 0 Å². The molecule has 6 nitrogen and oxygen atoms in total. The van der Waals surface area contributed by atoms with Crippen LogP contribution in [0.3, 0.4) is 0 Å². The van der Waals surface area contributed by atoms with E-state index >= 15 is 0 Å². The second kappa shape index (κ2) is 6.60. The molecule has 2 aromatic heterocycles. The van der Waals surface area contributed by atoms with Gasteiger partial charge in [0.05, 0.1) is 22.6 Å². The molecular formula is C15H18N2O4S. The highest BCUT2D eigenvalue weighted by molar-refractivity contribution is 7.13. The Morgan fingerprint density at radius 2 is 2.27 bits per heavy atom. The largest absolute Gasteiger partial charge is 0.444 e. The third-order valence-electron chi connectivity index (χ3n) is 3.66. The Balaban J connectivity index is 1.51.